The van der Waals surface area contributed by atoms with Crippen molar-refractivity contribution in [1.82, 2.24) is 0 Å². The Morgan fingerprint density at radius 1 is 0.711 bits per heavy atom. The molecule has 2 fully saturated rings. The van der Waals surface area contributed by atoms with Crippen LogP contribution in [0.15, 0.2) is 35.2 Å². The van der Waals surface area contributed by atoms with E-state index in [1.807, 2.05) is 12.1 Å². The van der Waals surface area contributed by atoms with Gasteiger partial charge in [0.15, 0.2) is 9.84 Å². The van der Waals surface area contributed by atoms with Gasteiger partial charge in [-0.3, -0.25) is 0 Å². The quantitative estimate of drug-likeness (QED) is 0.304. The summed E-state index contributed by atoms with van der Waals surface area (Å²) in [6.45, 7) is 13.8. The predicted molar refractivity (Wildman–Crippen MR) is 168 cm³/mol. The van der Waals surface area contributed by atoms with Crippen LogP contribution in [0.3, 0.4) is 0 Å². The largest absolute Gasteiger partial charge is 0.224 e. The molecular weight excluding hydrogens is 503 g/mol. The number of benzene rings is 2. The van der Waals surface area contributed by atoms with Gasteiger partial charge in [-0.2, -0.15) is 0 Å². The fourth-order valence-electron chi connectivity index (χ4n) is 6.94. The lowest BCUT2D eigenvalue weighted by molar-refractivity contribution is 0.487. The maximum absolute atomic E-state index is 13.5. The average molecular weight is 555 g/mol. The molecule has 2 aliphatic carbocycles. The highest BCUT2D eigenvalue weighted by atomic mass is 32.2. The van der Waals surface area contributed by atoms with E-state index in [0.29, 0.717) is 34.0 Å². The average Bonchev–Trinajstić information content (AvgIpc) is 2.88. The van der Waals surface area contributed by atoms with Gasteiger partial charge in [0.2, 0.25) is 0 Å². The van der Waals surface area contributed by atoms with Crippen LogP contribution < -0.4 is 5.30 Å². The molecule has 2 aromatic carbocycles. The van der Waals surface area contributed by atoms with Crippen molar-refractivity contribution in [3.05, 3.63) is 47.0 Å². The molecule has 0 bridgehead atoms. The summed E-state index contributed by atoms with van der Waals surface area (Å²) in [6, 6.07) is 11.1. The van der Waals surface area contributed by atoms with Crippen molar-refractivity contribution in [2.45, 2.75) is 140 Å². The summed E-state index contributed by atoms with van der Waals surface area (Å²) >= 11 is 0. The second-order valence-corrected chi connectivity index (χ2v) is 17.7. The monoisotopic (exact) mass is 554 g/mol. The van der Waals surface area contributed by atoms with Crippen molar-refractivity contribution in [3.63, 3.8) is 0 Å². The molecule has 0 atom stereocenters. The molecule has 0 unspecified atom stereocenters. The van der Waals surface area contributed by atoms with Crippen LogP contribution in [-0.2, 0) is 9.84 Å². The van der Waals surface area contributed by atoms with Crippen molar-refractivity contribution in [2.75, 3.05) is 6.26 Å². The summed E-state index contributed by atoms with van der Waals surface area (Å²) in [5.41, 5.74) is 8.01. The molecule has 2 nitrogen and oxygen atoms in total. The molecule has 0 saturated heterocycles. The normalized spacial score (nSPS) is 18.3. The Bertz CT molecular complexity index is 1150. The molecule has 2 saturated carbocycles. The van der Waals surface area contributed by atoms with E-state index in [4.69, 9.17) is 0 Å². The lowest BCUT2D eigenvalue weighted by atomic mass is 9.82. The highest BCUT2D eigenvalue weighted by Crippen LogP contribution is 2.58. The number of sulfone groups is 1. The van der Waals surface area contributed by atoms with E-state index >= 15 is 0 Å². The van der Waals surface area contributed by atoms with Crippen molar-refractivity contribution in [3.8, 4) is 11.1 Å². The maximum Gasteiger partial charge on any atom is 0.176 e. The topological polar surface area (TPSA) is 34.1 Å². The van der Waals surface area contributed by atoms with Crippen LogP contribution in [-0.4, -0.2) is 26.0 Å². The van der Waals surface area contributed by atoms with Gasteiger partial charge in [-0.05, 0) is 88.6 Å². The third-order valence-corrected chi connectivity index (χ3v) is 13.9. The van der Waals surface area contributed by atoms with Crippen molar-refractivity contribution in [2.24, 2.45) is 0 Å². The smallest absolute Gasteiger partial charge is 0.176 e. The van der Waals surface area contributed by atoms with Crippen LogP contribution in [0.2, 0.25) is 0 Å². The number of hydrogen-bond acceptors (Lipinski definition) is 2. The molecule has 210 valence electrons. The van der Waals surface area contributed by atoms with Crippen LogP contribution in [0, 0.1) is 0 Å². The summed E-state index contributed by atoms with van der Waals surface area (Å²) in [5, 5.41) is 1.23. The molecule has 4 rings (SSSR count). The number of rotatable bonds is 8. The summed E-state index contributed by atoms with van der Waals surface area (Å²) in [5.74, 6) is 1.19. The van der Waals surface area contributed by atoms with Gasteiger partial charge in [0.1, 0.15) is 0 Å². The van der Waals surface area contributed by atoms with E-state index in [2.05, 4.69) is 59.7 Å². The highest BCUT2D eigenvalue weighted by molar-refractivity contribution is 7.91. The SMILES string of the molecule is CC(C)c1cc(C(C)C)c(-c2cccc(S(C)(=O)=O)c2P(C2CCCCC2)C2CCCCC2)c(C(C)C)c1. The van der Waals surface area contributed by atoms with Crippen LogP contribution in [0.1, 0.15) is 140 Å². The van der Waals surface area contributed by atoms with Gasteiger partial charge in [-0.1, -0.05) is 112 Å². The molecule has 2 aliphatic rings. The third-order valence-electron chi connectivity index (χ3n) is 8.99. The summed E-state index contributed by atoms with van der Waals surface area (Å²) < 4.78 is 27.0. The molecule has 0 aromatic heterocycles. The van der Waals surface area contributed by atoms with Gasteiger partial charge >= 0.3 is 0 Å². The Morgan fingerprint density at radius 3 is 1.58 bits per heavy atom. The Hall–Kier alpha value is -1.18. The molecule has 38 heavy (non-hydrogen) atoms. The van der Waals surface area contributed by atoms with Gasteiger partial charge in [0.05, 0.1) is 4.90 Å². The van der Waals surface area contributed by atoms with Crippen molar-refractivity contribution >= 4 is 23.1 Å². The fraction of sp³-hybridized carbons (Fsp3) is 0.647. The molecule has 0 aliphatic heterocycles. The van der Waals surface area contributed by atoms with Gasteiger partial charge in [0, 0.05) is 11.6 Å². The summed E-state index contributed by atoms with van der Waals surface area (Å²) in [7, 11) is -3.94. The summed E-state index contributed by atoms with van der Waals surface area (Å²) in [6.07, 6.45) is 14.3. The highest BCUT2D eigenvalue weighted by Gasteiger charge is 2.37. The van der Waals surface area contributed by atoms with E-state index in [1.165, 1.54) is 104 Å². The lowest BCUT2D eigenvalue weighted by Gasteiger charge is -2.40. The Kier molecular flexibility index (Phi) is 9.84. The Labute approximate surface area is 235 Å². The maximum atomic E-state index is 13.5. The number of hydrogen-bond donors (Lipinski definition) is 0. The van der Waals surface area contributed by atoms with Crippen LogP contribution in [0.5, 0.6) is 0 Å². The molecule has 0 radical (unpaired) electrons. The molecule has 4 heteroatoms. The zero-order chi connectivity index (χ0) is 27.6. The first-order valence-electron chi connectivity index (χ1n) is 15.3. The fourth-order valence-corrected chi connectivity index (χ4v) is 12.5. The summed E-state index contributed by atoms with van der Waals surface area (Å²) in [4.78, 5) is 0.620. The van der Waals surface area contributed by atoms with E-state index in [1.54, 1.807) is 0 Å². The second-order valence-electron chi connectivity index (χ2n) is 13.0. The second kappa shape index (κ2) is 12.6. The van der Waals surface area contributed by atoms with Crippen molar-refractivity contribution in [1.29, 1.82) is 0 Å². The Balaban J connectivity index is 2.08. The van der Waals surface area contributed by atoms with Crippen molar-refractivity contribution < 1.29 is 8.42 Å². The van der Waals surface area contributed by atoms with Gasteiger partial charge in [0.25, 0.3) is 0 Å². The van der Waals surface area contributed by atoms with Gasteiger partial charge in [-0.15, -0.1) is 0 Å². The Morgan fingerprint density at radius 2 is 1.18 bits per heavy atom. The first-order chi connectivity index (χ1) is 18.0. The van der Waals surface area contributed by atoms with Crippen LogP contribution >= 0.6 is 7.92 Å². The van der Waals surface area contributed by atoms with E-state index in [9.17, 15) is 8.42 Å². The molecular formula is C34H51O2PS. The predicted octanol–water partition coefficient (Wildman–Crippen LogP) is 9.90. The zero-order valence-corrected chi connectivity index (χ0v) is 26.7. The van der Waals surface area contributed by atoms with Crippen LogP contribution in [0.4, 0.5) is 0 Å². The molecule has 0 spiro atoms. The molecule has 0 N–H and O–H groups in total. The molecule has 2 aromatic rings. The van der Waals surface area contributed by atoms with Gasteiger partial charge < -0.3 is 0 Å². The lowest BCUT2D eigenvalue weighted by Crippen LogP contribution is -2.30. The minimum Gasteiger partial charge on any atom is -0.224 e. The first-order valence-corrected chi connectivity index (χ1v) is 18.7. The first kappa shape index (κ1) is 29.8. The van der Waals surface area contributed by atoms with Crippen LogP contribution in [0.25, 0.3) is 11.1 Å². The third kappa shape index (κ3) is 6.41. The van der Waals surface area contributed by atoms with E-state index in [-0.39, 0.29) is 0 Å². The van der Waals surface area contributed by atoms with E-state index < -0.39 is 17.8 Å². The van der Waals surface area contributed by atoms with Gasteiger partial charge in [-0.25, -0.2) is 8.42 Å². The minimum absolute atomic E-state index is 0.367. The standard InChI is InChI=1S/C34H51O2PS/c1-23(2)26-21-30(24(3)4)33(31(22-26)25(5)6)29-19-14-20-32(38(7,35)36)34(29)37(27-15-10-8-11-16-27)28-17-12-9-13-18-28/h14,19-25,27-28H,8-13,15-18H2,1-7H3. The minimum atomic E-state index is -3.36. The molecule has 0 amide bonds. The zero-order valence-electron chi connectivity index (χ0n) is 25.0. The molecule has 0 heterocycles. The van der Waals surface area contributed by atoms with E-state index in [0.717, 1.165) is 0 Å².